The van der Waals surface area contributed by atoms with Crippen molar-refractivity contribution in [2.24, 2.45) is 0 Å². The van der Waals surface area contributed by atoms with Gasteiger partial charge in [0, 0.05) is 15.3 Å². The standard InChI is InChI=1S/C13H13BrN2S/c1-7-4-8(6-9(14)5-7)10-2-3-11-12(10)17-13(15)16-11/h4-6,10H,2-3H2,1H3,(H2,15,16). The van der Waals surface area contributed by atoms with Gasteiger partial charge in [0.05, 0.1) is 5.69 Å². The number of fused-ring (bicyclic) bond motifs is 1. The Balaban J connectivity index is 2.05. The Kier molecular flexibility index (Phi) is 2.71. The van der Waals surface area contributed by atoms with E-state index >= 15 is 0 Å². The van der Waals surface area contributed by atoms with Gasteiger partial charge in [-0.1, -0.05) is 22.0 Å². The zero-order valence-electron chi connectivity index (χ0n) is 9.53. The van der Waals surface area contributed by atoms with Crippen LogP contribution in [-0.4, -0.2) is 4.98 Å². The van der Waals surface area contributed by atoms with E-state index in [0.29, 0.717) is 11.0 Å². The zero-order valence-corrected chi connectivity index (χ0v) is 11.9. The minimum atomic E-state index is 0.482. The van der Waals surface area contributed by atoms with Crippen LogP contribution in [0.1, 0.15) is 34.0 Å². The summed E-state index contributed by atoms with van der Waals surface area (Å²) in [5, 5.41) is 0.700. The van der Waals surface area contributed by atoms with Crippen molar-refractivity contribution in [3.05, 3.63) is 44.4 Å². The zero-order chi connectivity index (χ0) is 12.0. The maximum Gasteiger partial charge on any atom is 0.180 e. The van der Waals surface area contributed by atoms with Gasteiger partial charge >= 0.3 is 0 Å². The highest BCUT2D eigenvalue weighted by atomic mass is 79.9. The molecule has 0 amide bonds. The molecule has 2 aromatic rings. The second-order valence-electron chi connectivity index (χ2n) is 4.52. The van der Waals surface area contributed by atoms with Crippen LogP contribution in [-0.2, 0) is 6.42 Å². The van der Waals surface area contributed by atoms with Crippen molar-refractivity contribution in [3.63, 3.8) is 0 Å². The first-order chi connectivity index (χ1) is 8.13. The Hall–Kier alpha value is -0.870. The first-order valence-electron chi connectivity index (χ1n) is 5.65. The van der Waals surface area contributed by atoms with Crippen LogP contribution in [0.15, 0.2) is 22.7 Å². The number of nitrogens with zero attached hydrogens (tertiary/aromatic N) is 1. The summed E-state index contributed by atoms with van der Waals surface area (Å²) in [6.45, 7) is 2.13. The second-order valence-corrected chi connectivity index (χ2v) is 6.49. The van der Waals surface area contributed by atoms with Crippen LogP contribution >= 0.6 is 27.3 Å². The van der Waals surface area contributed by atoms with Gasteiger partial charge in [0.1, 0.15) is 0 Å². The van der Waals surface area contributed by atoms with Gasteiger partial charge in [-0.05, 0) is 43.0 Å². The van der Waals surface area contributed by atoms with E-state index in [0.717, 1.165) is 17.3 Å². The third kappa shape index (κ3) is 2.00. The van der Waals surface area contributed by atoms with Gasteiger partial charge in [-0.3, -0.25) is 0 Å². The van der Waals surface area contributed by atoms with Crippen molar-refractivity contribution < 1.29 is 0 Å². The topological polar surface area (TPSA) is 38.9 Å². The average Bonchev–Trinajstić information content (AvgIpc) is 2.74. The smallest absolute Gasteiger partial charge is 0.180 e. The van der Waals surface area contributed by atoms with Gasteiger partial charge in [-0.2, -0.15) is 0 Å². The normalized spacial score (nSPS) is 18.4. The Morgan fingerprint density at radius 1 is 1.41 bits per heavy atom. The molecule has 2 N–H and O–H groups in total. The number of thiazole rings is 1. The van der Waals surface area contributed by atoms with Gasteiger partial charge in [0.25, 0.3) is 0 Å². The number of aryl methyl sites for hydroxylation is 2. The summed E-state index contributed by atoms with van der Waals surface area (Å²) >= 11 is 5.21. The van der Waals surface area contributed by atoms with E-state index in [9.17, 15) is 0 Å². The van der Waals surface area contributed by atoms with E-state index < -0.39 is 0 Å². The van der Waals surface area contributed by atoms with Crippen LogP contribution in [0.5, 0.6) is 0 Å². The van der Waals surface area contributed by atoms with E-state index in [1.54, 1.807) is 11.3 Å². The summed E-state index contributed by atoms with van der Waals surface area (Å²) in [6, 6.07) is 6.61. The van der Waals surface area contributed by atoms with Crippen LogP contribution in [0.3, 0.4) is 0 Å². The van der Waals surface area contributed by atoms with Crippen molar-refractivity contribution in [1.29, 1.82) is 0 Å². The van der Waals surface area contributed by atoms with Crippen LogP contribution in [0, 0.1) is 6.92 Å². The van der Waals surface area contributed by atoms with Crippen molar-refractivity contribution in [2.75, 3.05) is 5.73 Å². The molecule has 17 heavy (non-hydrogen) atoms. The molecule has 1 aliphatic rings. The van der Waals surface area contributed by atoms with Gasteiger partial charge in [-0.25, -0.2) is 4.98 Å². The summed E-state index contributed by atoms with van der Waals surface area (Å²) in [5.74, 6) is 0.482. The van der Waals surface area contributed by atoms with E-state index in [2.05, 4.69) is 46.0 Å². The molecule has 0 spiro atoms. The highest BCUT2D eigenvalue weighted by Gasteiger charge is 2.28. The molecule has 4 heteroatoms. The van der Waals surface area contributed by atoms with Crippen molar-refractivity contribution >= 4 is 32.4 Å². The molecule has 0 radical (unpaired) electrons. The average molecular weight is 309 g/mol. The van der Waals surface area contributed by atoms with Crippen LogP contribution in [0.25, 0.3) is 0 Å². The number of benzene rings is 1. The molecule has 1 aromatic heterocycles. The van der Waals surface area contributed by atoms with Crippen molar-refractivity contribution in [1.82, 2.24) is 4.98 Å². The fourth-order valence-electron chi connectivity index (χ4n) is 2.53. The molecule has 1 aromatic carbocycles. The maximum absolute atomic E-state index is 5.79. The van der Waals surface area contributed by atoms with Crippen molar-refractivity contribution in [3.8, 4) is 0 Å². The lowest BCUT2D eigenvalue weighted by atomic mass is 9.97. The number of hydrogen-bond donors (Lipinski definition) is 1. The summed E-state index contributed by atoms with van der Waals surface area (Å²) in [5.41, 5.74) is 9.66. The molecular weight excluding hydrogens is 296 g/mol. The molecular formula is C13H13BrN2S. The van der Waals surface area contributed by atoms with E-state index in [-0.39, 0.29) is 0 Å². The summed E-state index contributed by atoms with van der Waals surface area (Å²) in [6.07, 6.45) is 2.21. The first kappa shape index (κ1) is 11.2. The Bertz CT molecular complexity index is 557. The Labute approximate surface area is 113 Å². The van der Waals surface area contributed by atoms with Gasteiger partial charge in [0.15, 0.2) is 5.13 Å². The number of aromatic nitrogens is 1. The first-order valence-corrected chi connectivity index (χ1v) is 7.26. The summed E-state index contributed by atoms with van der Waals surface area (Å²) < 4.78 is 1.15. The molecule has 3 rings (SSSR count). The molecule has 1 heterocycles. The quantitative estimate of drug-likeness (QED) is 0.868. The maximum atomic E-state index is 5.79. The van der Waals surface area contributed by atoms with Crippen molar-refractivity contribution in [2.45, 2.75) is 25.7 Å². The molecule has 0 bridgehead atoms. The molecule has 0 aliphatic heterocycles. The molecule has 2 nitrogen and oxygen atoms in total. The monoisotopic (exact) mass is 308 g/mol. The van der Waals surface area contributed by atoms with E-state index in [1.165, 1.54) is 21.7 Å². The highest BCUT2D eigenvalue weighted by Crippen LogP contribution is 2.42. The highest BCUT2D eigenvalue weighted by molar-refractivity contribution is 9.10. The summed E-state index contributed by atoms with van der Waals surface area (Å²) in [7, 11) is 0. The molecule has 1 aliphatic carbocycles. The van der Waals surface area contributed by atoms with E-state index in [4.69, 9.17) is 5.73 Å². The Morgan fingerprint density at radius 3 is 3.00 bits per heavy atom. The SMILES string of the molecule is Cc1cc(Br)cc(C2CCc3nc(N)sc32)c1. The number of nitrogens with two attached hydrogens (primary N) is 1. The number of nitrogen functional groups attached to an aromatic ring is 1. The molecule has 1 unspecified atom stereocenters. The minimum Gasteiger partial charge on any atom is -0.375 e. The predicted octanol–water partition coefficient (Wildman–Crippen LogP) is 3.87. The van der Waals surface area contributed by atoms with Gasteiger partial charge < -0.3 is 5.73 Å². The predicted molar refractivity (Wildman–Crippen MR) is 75.6 cm³/mol. The molecule has 1 atom stereocenters. The number of halogens is 1. The fourth-order valence-corrected chi connectivity index (χ4v) is 4.20. The van der Waals surface area contributed by atoms with Crippen LogP contribution in [0.4, 0.5) is 5.13 Å². The van der Waals surface area contributed by atoms with Crippen LogP contribution < -0.4 is 5.73 Å². The van der Waals surface area contributed by atoms with Crippen LogP contribution in [0.2, 0.25) is 0 Å². The Morgan fingerprint density at radius 2 is 2.24 bits per heavy atom. The second kappa shape index (κ2) is 4.10. The molecule has 0 saturated heterocycles. The lowest BCUT2D eigenvalue weighted by molar-refractivity contribution is 0.789. The molecule has 0 fully saturated rings. The molecule has 0 saturated carbocycles. The third-order valence-corrected chi connectivity index (χ3v) is 4.70. The number of rotatable bonds is 1. The minimum absolute atomic E-state index is 0.482. The number of anilines is 1. The lowest BCUT2D eigenvalue weighted by Crippen LogP contribution is -1.95. The molecule has 88 valence electrons. The van der Waals surface area contributed by atoms with Gasteiger partial charge in [-0.15, -0.1) is 11.3 Å². The van der Waals surface area contributed by atoms with Gasteiger partial charge in [0.2, 0.25) is 0 Å². The van der Waals surface area contributed by atoms with E-state index in [1.807, 2.05) is 0 Å². The fraction of sp³-hybridized carbons (Fsp3) is 0.308. The summed E-state index contributed by atoms with van der Waals surface area (Å²) in [4.78, 5) is 5.76. The number of hydrogen-bond acceptors (Lipinski definition) is 3. The lowest BCUT2D eigenvalue weighted by Gasteiger charge is -2.11. The largest absolute Gasteiger partial charge is 0.375 e. The third-order valence-electron chi connectivity index (χ3n) is 3.20.